The minimum atomic E-state index is -0.462. The molecule has 1 heterocycles. The van der Waals surface area contributed by atoms with E-state index in [1.165, 1.54) is 18.4 Å². The molecule has 0 unspecified atom stereocenters. The average molecular weight is 477 g/mol. The van der Waals surface area contributed by atoms with Gasteiger partial charge in [0.25, 0.3) is 0 Å². The van der Waals surface area contributed by atoms with Gasteiger partial charge in [-0.1, -0.05) is 24.9 Å². The van der Waals surface area contributed by atoms with E-state index in [1.54, 1.807) is 24.3 Å². The largest absolute Gasteiger partial charge is 0.465 e. The molecule has 6 nitrogen and oxygen atoms in total. The van der Waals surface area contributed by atoms with E-state index in [2.05, 4.69) is 10.6 Å². The molecule has 0 radical (unpaired) electrons. The number of thiocarbonyl (C=S) groups is 1. The number of thiophene rings is 1. The summed E-state index contributed by atoms with van der Waals surface area (Å²) < 4.78 is 10.8. The van der Waals surface area contributed by atoms with Crippen molar-refractivity contribution in [3.8, 4) is 0 Å². The van der Waals surface area contributed by atoms with Gasteiger partial charge < -0.3 is 20.1 Å². The fraction of sp³-hybridized carbons (Fsp3) is 0.227. The summed E-state index contributed by atoms with van der Waals surface area (Å²) in [6, 6.07) is 12.4. The number of unbranched alkanes of at least 4 members (excludes halogenated alkanes) is 1. The number of esters is 2. The highest BCUT2D eigenvalue weighted by Gasteiger charge is 2.18. The Morgan fingerprint density at radius 3 is 2.42 bits per heavy atom. The molecule has 0 atom stereocenters. The summed E-state index contributed by atoms with van der Waals surface area (Å²) >= 11 is 12.9. The maximum absolute atomic E-state index is 12.0. The van der Waals surface area contributed by atoms with E-state index in [0.717, 1.165) is 34.3 Å². The van der Waals surface area contributed by atoms with Crippen molar-refractivity contribution >= 4 is 73.7 Å². The first kappa shape index (κ1) is 23.0. The van der Waals surface area contributed by atoms with E-state index in [-0.39, 0.29) is 5.97 Å². The van der Waals surface area contributed by atoms with Crippen LogP contribution in [0.5, 0.6) is 0 Å². The van der Waals surface area contributed by atoms with Crippen LogP contribution in [-0.4, -0.2) is 30.8 Å². The standard InChI is InChI=1S/C22H21ClN2O4S2/c1-3-4-11-29-20(26)13-5-7-14(8-6-13)24-22(30)25-15-9-10-16-17(12-15)31-19(18(16)23)21(27)28-2/h5-10,12H,3-4,11H2,1-2H3,(H2,24,25,30). The Balaban J connectivity index is 1.63. The lowest BCUT2D eigenvalue weighted by Crippen LogP contribution is -2.19. The molecule has 0 bridgehead atoms. The summed E-state index contributed by atoms with van der Waals surface area (Å²) in [4.78, 5) is 24.2. The molecule has 9 heteroatoms. The molecular formula is C22H21ClN2O4S2. The predicted octanol–water partition coefficient (Wildman–Crippen LogP) is 6.11. The molecule has 0 fully saturated rings. The highest BCUT2D eigenvalue weighted by atomic mass is 35.5. The molecule has 162 valence electrons. The van der Waals surface area contributed by atoms with Gasteiger partial charge in [0, 0.05) is 21.5 Å². The Kier molecular flexibility index (Phi) is 7.84. The molecule has 0 saturated heterocycles. The van der Waals surface area contributed by atoms with Crippen LogP contribution in [0.2, 0.25) is 5.02 Å². The normalized spacial score (nSPS) is 10.5. The number of anilines is 2. The number of hydrogen-bond acceptors (Lipinski definition) is 6. The topological polar surface area (TPSA) is 76.7 Å². The van der Waals surface area contributed by atoms with Gasteiger partial charge in [-0.15, -0.1) is 11.3 Å². The van der Waals surface area contributed by atoms with Crippen molar-refractivity contribution in [1.29, 1.82) is 0 Å². The smallest absolute Gasteiger partial charge is 0.349 e. The second kappa shape index (κ2) is 10.6. The second-order valence-corrected chi connectivity index (χ2v) is 8.43. The van der Waals surface area contributed by atoms with E-state index in [0.29, 0.717) is 27.2 Å². The van der Waals surface area contributed by atoms with Gasteiger partial charge in [0.05, 0.1) is 24.3 Å². The monoisotopic (exact) mass is 476 g/mol. The van der Waals surface area contributed by atoms with Crippen molar-refractivity contribution in [2.24, 2.45) is 0 Å². The van der Waals surface area contributed by atoms with Crippen molar-refractivity contribution in [3.05, 3.63) is 57.9 Å². The van der Waals surface area contributed by atoms with Crippen LogP contribution in [0.1, 0.15) is 39.8 Å². The Morgan fingerprint density at radius 2 is 1.74 bits per heavy atom. The number of halogens is 1. The summed E-state index contributed by atoms with van der Waals surface area (Å²) in [7, 11) is 1.32. The van der Waals surface area contributed by atoms with Crippen molar-refractivity contribution in [2.45, 2.75) is 19.8 Å². The van der Waals surface area contributed by atoms with Crippen LogP contribution >= 0.6 is 35.2 Å². The Morgan fingerprint density at radius 1 is 1.06 bits per heavy atom. The third-order valence-electron chi connectivity index (χ3n) is 4.37. The number of fused-ring (bicyclic) bond motifs is 1. The zero-order valence-corrected chi connectivity index (χ0v) is 19.4. The van der Waals surface area contributed by atoms with Gasteiger partial charge >= 0.3 is 11.9 Å². The van der Waals surface area contributed by atoms with E-state index >= 15 is 0 Å². The number of methoxy groups -OCH3 is 1. The lowest BCUT2D eigenvalue weighted by molar-refractivity contribution is 0.0499. The van der Waals surface area contributed by atoms with Crippen LogP contribution < -0.4 is 10.6 Å². The van der Waals surface area contributed by atoms with E-state index in [1.807, 2.05) is 25.1 Å². The summed E-state index contributed by atoms with van der Waals surface area (Å²) in [6.07, 6.45) is 1.82. The molecule has 3 aromatic rings. The molecule has 0 amide bonds. The summed E-state index contributed by atoms with van der Waals surface area (Å²) in [5.41, 5.74) is 1.97. The maximum Gasteiger partial charge on any atom is 0.349 e. The summed E-state index contributed by atoms with van der Waals surface area (Å²) in [5, 5.41) is 7.72. The fourth-order valence-corrected chi connectivity index (χ4v) is 4.44. The van der Waals surface area contributed by atoms with Gasteiger partial charge in [-0.25, -0.2) is 9.59 Å². The van der Waals surface area contributed by atoms with Gasteiger partial charge in [-0.3, -0.25) is 0 Å². The molecule has 0 aliphatic carbocycles. The first-order chi connectivity index (χ1) is 14.9. The minimum absolute atomic E-state index is 0.338. The Bertz CT molecular complexity index is 1110. The van der Waals surface area contributed by atoms with Crippen LogP contribution in [0.25, 0.3) is 10.1 Å². The molecule has 0 aliphatic heterocycles. The Hall–Kier alpha value is -2.68. The fourth-order valence-electron chi connectivity index (χ4n) is 2.74. The van der Waals surface area contributed by atoms with Crippen LogP contribution in [-0.2, 0) is 9.47 Å². The molecule has 0 spiro atoms. The third-order valence-corrected chi connectivity index (χ3v) is 6.21. The van der Waals surface area contributed by atoms with Crippen molar-refractivity contribution in [3.63, 3.8) is 0 Å². The lowest BCUT2D eigenvalue weighted by atomic mass is 10.2. The molecule has 2 aromatic carbocycles. The van der Waals surface area contributed by atoms with Gasteiger partial charge in [-0.2, -0.15) is 0 Å². The first-order valence-electron chi connectivity index (χ1n) is 9.58. The van der Waals surface area contributed by atoms with E-state index in [4.69, 9.17) is 33.3 Å². The minimum Gasteiger partial charge on any atom is -0.465 e. The molecular weight excluding hydrogens is 456 g/mol. The maximum atomic E-state index is 12.0. The van der Waals surface area contributed by atoms with Crippen LogP contribution in [0.15, 0.2) is 42.5 Å². The van der Waals surface area contributed by atoms with E-state index < -0.39 is 5.97 Å². The number of hydrogen-bond donors (Lipinski definition) is 2. The van der Waals surface area contributed by atoms with Gasteiger partial charge in [0.15, 0.2) is 5.11 Å². The van der Waals surface area contributed by atoms with Crippen molar-refractivity contribution < 1.29 is 19.1 Å². The first-order valence-corrected chi connectivity index (χ1v) is 11.2. The quantitative estimate of drug-likeness (QED) is 0.242. The molecule has 3 rings (SSSR count). The zero-order chi connectivity index (χ0) is 22.4. The van der Waals surface area contributed by atoms with Crippen molar-refractivity contribution in [1.82, 2.24) is 0 Å². The SMILES string of the molecule is CCCCOC(=O)c1ccc(NC(=S)Nc2ccc3c(Cl)c(C(=O)OC)sc3c2)cc1. The second-order valence-electron chi connectivity index (χ2n) is 6.59. The molecule has 31 heavy (non-hydrogen) atoms. The number of nitrogens with one attached hydrogen (secondary N) is 2. The molecule has 2 N–H and O–H groups in total. The molecule has 0 saturated carbocycles. The summed E-state index contributed by atoms with van der Waals surface area (Å²) in [5.74, 6) is -0.800. The predicted molar refractivity (Wildman–Crippen MR) is 130 cm³/mol. The highest BCUT2D eigenvalue weighted by molar-refractivity contribution is 7.80. The third kappa shape index (κ3) is 5.72. The van der Waals surface area contributed by atoms with Gasteiger partial charge in [0.2, 0.25) is 0 Å². The number of carbonyl (C=O) groups is 2. The summed E-state index contributed by atoms with van der Waals surface area (Å²) in [6.45, 7) is 2.46. The lowest BCUT2D eigenvalue weighted by Gasteiger charge is -2.11. The van der Waals surface area contributed by atoms with Gasteiger partial charge in [0.1, 0.15) is 4.88 Å². The number of ether oxygens (including phenoxy) is 2. The van der Waals surface area contributed by atoms with Crippen molar-refractivity contribution in [2.75, 3.05) is 24.4 Å². The molecule has 0 aliphatic rings. The average Bonchev–Trinajstić information content (AvgIpc) is 3.09. The molecule has 1 aromatic heterocycles. The van der Waals surface area contributed by atoms with Crippen LogP contribution in [0, 0.1) is 0 Å². The van der Waals surface area contributed by atoms with Crippen LogP contribution in [0.4, 0.5) is 11.4 Å². The van der Waals surface area contributed by atoms with E-state index in [9.17, 15) is 9.59 Å². The van der Waals surface area contributed by atoms with Gasteiger partial charge in [-0.05, 0) is 61.1 Å². The number of rotatable bonds is 7. The zero-order valence-electron chi connectivity index (χ0n) is 17.0. The number of benzene rings is 2. The number of carbonyl (C=O) groups excluding carboxylic acids is 2. The Labute approximate surface area is 194 Å². The van der Waals surface area contributed by atoms with Crippen LogP contribution in [0.3, 0.4) is 0 Å². The highest BCUT2D eigenvalue weighted by Crippen LogP contribution is 2.37.